The first-order chi connectivity index (χ1) is 11.3. The quantitative estimate of drug-likeness (QED) is 0.812. The van der Waals surface area contributed by atoms with E-state index in [9.17, 15) is 4.79 Å². The average molecular weight is 317 g/mol. The standard InChI is InChI=1S/C16H23N5O2/c22-16(21-9-11-23-12-10-21)20-7-5-19(6-8-20)15-4-3-14(17-18-15)13-1-2-13/h3-4,13H,1-2,5-12H2. The van der Waals surface area contributed by atoms with Crippen molar-refractivity contribution in [3.8, 4) is 0 Å². The fourth-order valence-electron chi connectivity index (χ4n) is 3.18. The van der Waals surface area contributed by atoms with Crippen molar-refractivity contribution in [1.82, 2.24) is 20.0 Å². The van der Waals surface area contributed by atoms with Crippen LogP contribution in [0, 0.1) is 0 Å². The molecule has 0 atom stereocenters. The van der Waals surface area contributed by atoms with Crippen LogP contribution in [0.1, 0.15) is 24.5 Å². The first-order valence-electron chi connectivity index (χ1n) is 8.51. The molecule has 124 valence electrons. The van der Waals surface area contributed by atoms with Crippen LogP contribution in [0.4, 0.5) is 10.6 Å². The summed E-state index contributed by atoms with van der Waals surface area (Å²) in [5.41, 5.74) is 1.12. The number of urea groups is 1. The lowest BCUT2D eigenvalue weighted by Crippen LogP contribution is -2.55. The number of hydrogen-bond donors (Lipinski definition) is 0. The van der Waals surface area contributed by atoms with Crippen molar-refractivity contribution < 1.29 is 9.53 Å². The lowest BCUT2D eigenvalue weighted by atomic mass is 10.2. The minimum atomic E-state index is 0.142. The molecular weight excluding hydrogens is 294 g/mol. The van der Waals surface area contributed by atoms with E-state index in [1.165, 1.54) is 12.8 Å². The maximum absolute atomic E-state index is 12.5. The molecule has 7 nitrogen and oxygen atoms in total. The Morgan fingerprint density at radius 2 is 1.65 bits per heavy atom. The molecule has 2 aliphatic heterocycles. The van der Waals surface area contributed by atoms with Gasteiger partial charge in [0.15, 0.2) is 5.82 Å². The molecule has 1 aromatic heterocycles. The predicted octanol–water partition coefficient (Wildman–Crippen LogP) is 0.928. The van der Waals surface area contributed by atoms with E-state index in [1.54, 1.807) is 0 Å². The Balaban J connectivity index is 1.32. The van der Waals surface area contributed by atoms with Crippen molar-refractivity contribution in [2.24, 2.45) is 0 Å². The van der Waals surface area contributed by atoms with E-state index in [0.717, 1.165) is 37.7 Å². The molecule has 2 saturated heterocycles. The summed E-state index contributed by atoms with van der Waals surface area (Å²) in [5, 5.41) is 8.72. The van der Waals surface area contributed by atoms with Gasteiger partial charge in [-0.15, -0.1) is 5.10 Å². The van der Waals surface area contributed by atoms with Crippen molar-refractivity contribution >= 4 is 11.8 Å². The number of rotatable bonds is 2. The van der Waals surface area contributed by atoms with E-state index in [2.05, 4.69) is 27.2 Å². The SMILES string of the molecule is O=C(N1CCOCC1)N1CCN(c2ccc(C3CC3)nn2)CC1. The topological polar surface area (TPSA) is 61.8 Å². The number of aromatic nitrogens is 2. The summed E-state index contributed by atoms with van der Waals surface area (Å²) in [4.78, 5) is 18.5. The number of morpholine rings is 1. The van der Waals surface area contributed by atoms with Gasteiger partial charge in [-0.2, -0.15) is 5.10 Å². The van der Waals surface area contributed by atoms with Crippen LogP contribution in [0.15, 0.2) is 12.1 Å². The molecule has 0 bridgehead atoms. The lowest BCUT2D eigenvalue weighted by Gasteiger charge is -2.38. The first-order valence-corrected chi connectivity index (χ1v) is 8.51. The number of carbonyl (C=O) groups excluding carboxylic acids is 1. The average Bonchev–Trinajstić information content (AvgIpc) is 3.47. The summed E-state index contributed by atoms with van der Waals surface area (Å²) >= 11 is 0. The zero-order valence-corrected chi connectivity index (χ0v) is 13.4. The van der Waals surface area contributed by atoms with Crippen LogP contribution in [0.25, 0.3) is 0 Å². The molecule has 1 aliphatic carbocycles. The molecule has 0 radical (unpaired) electrons. The van der Waals surface area contributed by atoms with Gasteiger partial charge in [0, 0.05) is 45.2 Å². The Kier molecular flexibility index (Phi) is 4.03. The van der Waals surface area contributed by atoms with Crippen molar-refractivity contribution in [3.05, 3.63) is 17.8 Å². The van der Waals surface area contributed by atoms with E-state index < -0.39 is 0 Å². The van der Waals surface area contributed by atoms with Crippen LogP contribution in [-0.4, -0.2) is 78.5 Å². The Morgan fingerprint density at radius 3 is 2.26 bits per heavy atom. The van der Waals surface area contributed by atoms with Crippen LogP contribution >= 0.6 is 0 Å². The van der Waals surface area contributed by atoms with Gasteiger partial charge in [-0.25, -0.2) is 4.79 Å². The smallest absolute Gasteiger partial charge is 0.320 e. The second kappa shape index (κ2) is 6.31. The number of anilines is 1. The van der Waals surface area contributed by atoms with E-state index in [4.69, 9.17) is 4.74 Å². The Bertz CT molecular complexity index is 546. The second-order valence-electron chi connectivity index (χ2n) is 6.45. The van der Waals surface area contributed by atoms with E-state index in [-0.39, 0.29) is 6.03 Å². The zero-order chi connectivity index (χ0) is 15.6. The second-order valence-corrected chi connectivity index (χ2v) is 6.45. The number of ether oxygens (including phenoxy) is 1. The monoisotopic (exact) mass is 317 g/mol. The van der Waals surface area contributed by atoms with Crippen LogP contribution in [0.5, 0.6) is 0 Å². The fourth-order valence-corrected chi connectivity index (χ4v) is 3.18. The van der Waals surface area contributed by atoms with Crippen molar-refractivity contribution in [3.63, 3.8) is 0 Å². The van der Waals surface area contributed by atoms with Gasteiger partial charge in [0.05, 0.1) is 18.9 Å². The normalized spacial score (nSPS) is 22.3. The van der Waals surface area contributed by atoms with Crippen LogP contribution in [0.3, 0.4) is 0 Å². The molecule has 0 spiro atoms. The summed E-state index contributed by atoms with van der Waals surface area (Å²) in [7, 11) is 0. The third-order valence-corrected chi connectivity index (χ3v) is 4.82. The summed E-state index contributed by atoms with van der Waals surface area (Å²) in [6, 6.07) is 4.31. The van der Waals surface area contributed by atoms with Crippen LogP contribution in [-0.2, 0) is 4.74 Å². The maximum Gasteiger partial charge on any atom is 0.320 e. The summed E-state index contributed by atoms with van der Waals surface area (Å²) < 4.78 is 5.31. The molecular formula is C16H23N5O2. The van der Waals surface area contributed by atoms with Gasteiger partial charge in [-0.3, -0.25) is 0 Å². The lowest BCUT2D eigenvalue weighted by molar-refractivity contribution is 0.0428. The van der Waals surface area contributed by atoms with E-state index in [0.29, 0.717) is 32.2 Å². The molecule has 4 rings (SSSR count). The molecule has 23 heavy (non-hydrogen) atoms. The van der Waals surface area contributed by atoms with Gasteiger partial charge >= 0.3 is 6.03 Å². The number of hydrogen-bond acceptors (Lipinski definition) is 5. The first kappa shape index (κ1) is 14.7. The van der Waals surface area contributed by atoms with E-state index >= 15 is 0 Å². The molecule has 3 fully saturated rings. The maximum atomic E-state index is 12.5. The van der Waals surface area contributed by atoms with E-state index in [1.807, 2.05) is 9.80 Å². The van der Waals surface area contributed by atoms with Crippen molar-refractivity contribution in [2.45, 2.75) is 18.8 Å². The molecule has 3 heterocycles. The number of piperazine rings is 1. The number of carbonyl (C=O) groups is 1. The highest BCUT2D eigenvalue weighted by Gasteiger charge is 2.28. The third kappa shape index (κ3) is 3.24. The number of amides is 2. The molecule has 2 amide bonds. The largest absolute Gasteiger partial charge is 0.378 e. The van der Waals surface area contributed by atoms with Crippen molar-refractivity contribution in [2.75, 3.05) is 57.4 Å². The van der Waals surface area contributed by atoms with Crippen LogP contribution < -0.4 is 4.90 Å². The Labute approximate surface area is 136 Å². The summed E-state index contributed by atoms with van der Waals surface area (Å²) in [5.74, 6) is 1.56. The van der Waals surface area contributed by atoms with Crippen molar-refractivity contribution in [1.29, 1.82) is 0 Å². The van der Waals surface area contributed by atoms with Gasteiger partial charge in [0.25, 0.3) is 0 Å². The molecule has 0 unspecified atom stereocenters. The molecule has 0 N–H and O–H groups in total. The third-order valence-electron chi connectivity index (χ3n) is 4.82. The molecule has 0 aromatic carbocycles. The Morgan fingerprint density at radius 1 is 0.957 bits per heavy atom. The number of nitrogens with zero attached hydrogens (tertiary/aromatic N) is 5. The zero-order valence-electron chi connectivity index (χ0n) is 13.4. The fraction of sp³-hybridized carbons (Fsp3) is 0.688. The van der Waals surface area contributed by atoms with Gasteiger partial charge in [-0.05, 0) is 25.0 Å². The van der Waals surface area contributed by atoms with Crippen LogP contribution in [0.2, 0.25) is 0 Å². The molecule has 1 aromatic rings. The highest BCUT2D eigenvalue weighted by atomic mass is 16.5. The Hall–Kier alpha value is -1.89. The molecule has 3 aliphatic rings. The van der Waals surface area contributed by atoms with Gasteiger partial charge in [0.1, 0.15) is 0 Å². The molecule has 1 saturated carbocycles. The summed E-state index contributed by atoms with van der Waals surface area (Å²) in [6.07, 6.45) is 2.49. The highest BCUT2D eigenvalue weighted by molar-refractivity contribution is 5.75. The van der Waals surface area contributed by atoms with Gasteiger partial charge < -0.3 is 19.4 Å². The molecule has 7 heteroatoms. The predicted molar refractivity (Wildman–Crippen MR) is 85.6 cm³/mol. The minimum Gasteiger partial charge on any atom is -0.378 e. The summed E-state index contributed by atoms with van der Waals surface area (Å²) in [6.45, 7) is 5.80. The minimum absolute atomic E-state index is 0.142. The van der Waals surface area contributed by atoms with Gasteiger partial charge in [-0.1, -0.05) is 0 Å². The highest BCUT2D eigenvalue weighted by Crippen LogP contribution is 2.38. The van der Waals surface area contributed by atoms with Gasteiger partial charge in [0.2, 0.25) is 0 Å².